The standard InChI is InChI=1S/C20H18F2N4O2/c1-10-3-16(11(2)27)24-9-14(10)12-4-13-8-25-18(5-17(13)23-7-12)26-19(28)15-6-20(15,21)22/h3-5,7-9,11,15,27H,6H2,1-2H3,(H,25,26,28)/t11-,15-/m1/s1. The van der Waals surface area contributed by atoms with E-state index < -0.39 is 30.3 Å². The van der Waals surface area contributed by atoms with Crippen molar-refractivity contribution in [3.05, 3.63) is 48.0 Å². The van der Waals surface area contributed by atoms with Crippen LogP contribution in [0.5, 0.6) is 0 Å². The number of alkyl halides is 2. The highest BCUT2D eigenvalue weighted by atomic mass is 19.3. The van der Waals surface area contributed by atoms with Crippen molar-refractivity contribution in [1.29, 1.82) is 0 Å². The van der Waals surface area contributed by atoms with Crippen LogP contribution in [0.1, 0.15) is 30.7 Å². The van der Waals surface area contributed by atoms with Crippen LogP contribution in [0.4, 0.5) is 14.6 Å². The zero-order chi connectivity index (χ0) is 20.1. The number of anilines is 1. The first-order valence-corrected chi connectivity index (χ1v) is 8.84. The van der Waals surface area contributed by atoms with E-state index in [4.69, 9.17) is 0 Å². The van der Waals surface area contributed by atoms with E-state index in [9.17, 15) is 18.7 Å². The Morgan fingerprint density at radius 1 is 1.21 bits per heavy atom. The van der Waals surface area contributed by atoms with Crippen LogP contribution < -0.4 is 5.32 Å². The van der Waals surface area contributed by atoms with E-state index in [0.717, 1.165) is 22.1 Å². The Morgan fingerprint density at radius 3 is 2.61 bits per heavy atom. The van der Waals surface area contributed by atoms with Gasteiger partial charge in [0.05, 0.1) is 17.3 Å². The Balaban J connectivity index is 1.59. The van der Waals surface area contributed by atoms with Crippen LogP contribution in [0.25, 0.3) is 22.0 Å². The highest BCUT2D eigenvalue weighted by molar-refractivity contribution is 5.96. The molecule has 4 rings (SSSR count). The Morgan fingerprint density at radius 2 is 1.96 bits per heavy atom. The predicted molar refractivity (Wildman–Crippen MR) is 99.8 cm³/mol. The van der Waals surface area contributed by atoms with Gasteiger partial charge in [0, 0.05) is 47.6 Å². The van der Waals surface area contributed by atoms with Gasteiger partial charge in [-0.15, -0.1) is 0 Å². The smallest absolute Gasteiger partial charge is 0.260 e. The average Bonchev–Trinajstić information content (AvgIpc) is 3.29. The number of hydrogen-bond donors (Lipinski definition) is 2. The summed E-state index contributed by atoms with van der Waals surface area (Å²) >= 11 is 0. The molecule has 0 spiro atoms. The third kappa shape index (κ3) is 3.43. The molecule has 0 aliphatic heterocycles. The number of aliphatic hydroxyl groups is 1. The molecule has 28 heavy (non-hydrogen) atoms. The molecule has 0 saturated heterocycles. The number of pyridine rings is 3. The first kappa shape index (κ1) is 18.4. The van der Waals surface area contributed by atoms with Crippen LogP contribution in [0.15, 0.2) is 36.8 Å². The second-order valence-electron chi connectivity index (χ2n) is 7.09. The molecule has 2 atom stereocenters. The van der Waals surface area contributed by atoms with E-state index in [1.165, 1.54) is 0 Å². The van der Waals surface area contributed by atoms with E-state index in [0.29, 0.717) is 11.2 Å². The minimum absolute atomic E-state index is 0.194. The summed E-state index contributed by atoms with van der Waals surface area (Å²) in [6, 6.07) is 5.27. The number of aromatic nitrogens is 3. The van der Waals surface area contributed by atoms with Crippen molar-refractivity contribution in [2.45, 2.75) is 32.3 Å². The number of carbonyl (C=O) groups is 1. The summed E-state index contributed by atoms with van der Waals surface area (Å²) in [4.78, 5) is 24.6. The van der Waals surface area contributed by atoms with Gasteiger partial charge in [-0.25, -0.2) is 13.8 Å². The number of hydrogen-bond acceptors (Lipinski definition) is 5. The van der Waals surface area contributed by atoms with Gasteiger partial charge >= 0.3 is 0 Å². The van der Waals surface area contributed by atoms with Gasteiger partial charge in [-0.3, -0.25) is 14.8 Å². The Kier molecular flexibility index (Phi) is 4.30. The largest absolute Gasteiger partial charge is 0.387 e. The summed E-state index contributed by atoms with van der Waals surface area (Å²) in [7, 11) is 0. The van der Waals surface area contributed by atoms with Crippen LogP contribution in [-0.4, -0.2) is 31.9 Å². The normalized spacial score (nSPS) is 18.7. The first-order chi connectivity index (χ1) is 13.2. The number of aryl methyl sites for hydroxylation is 1. The summed E-state index contributed by atoms with van der Waals surface area (Å²) < 4.78 is 26.0. The van der Waals surface area contributed by atoms with Crippen molar-refractivity contribution in [2.24, 2.45) is 5.92 Å². The molecular weight excluding hydrogens is 366 g/mol. The lowest BCUT2D eigenvalue weighted by Gasteiger charge is -2.10. The van der Waals surface area contributed by atoms with Crippen LogP contribution in [-0.2, 0) is 4.79 Å². The van der Waals surface area contributed by atoms with Gasteiger partial charge in [-0.05, 0) is 31.5 Å². The van der Waals surface area contributed by atoms with Gasteiger partial charge in [-0.1, -0.05) is 0 Å². The lowest BCUT2D eigenvalue weighted by Crippen LogP contribution is -2.18. The SMILES string of the molecule is Cc1cc([C@@H](C)O)ncc1-c1cnc2cc(NC(=O)[C@H]3CC3(F)F)ncc2c1. The minimum Gasteiger partial charge on any atom is -0.387 e. The number of rotatable bonds is 4. The quantitative estimate of drug-likeness (QED) is 0.717. The van der Waals surface area contributed by atoms with Crippen molar-refractivity contribution >= 4 is 22.6 Å². The van der Waals surface area contributed by atoms with Gasteiger partial charge in [-0.2, -0.15) is 0 Å². The topological polar surface area (TPSA) is 88.0 Å². The number of nitrogens with zero attached hydrogens (tertiary/aromatic N) is 3. The molecule has 0 aromatic carbocycles. The van der Waals surface area contributed by atoms with Gasteiger partial charge in [0.25, 0.3) is 5.92 Å². The zero-order valence-electron chi connectivity index (χ0n) is 15.3. The molecule has 3 heterocycles. The maximum atomic E-state index is 13.0. The highest BCUT2D eigenvalue weighted by Gasteiger charge is 2.61. The molecule has 1 fully saturated rings. The van der Waals surface area contributed by atoms with Gasteiger partial charge < -0.3 is 10.4 Å². The molecule has 2 N–H and O–H groups in total. The third-order valence-corrected chi connectivity index (χ3v) is 4.83. The molecule has 3 aromatic heterocycles. The molecule has 8 heteroatoms. The Hall–Kier alpha value is -3.00. The van der Waals surface area contributed by atoms with Crippen LogP contribution in [0.2, 0.25) is 0 Å². The van der Waals surface area contributed by atoms with E-state index in [1.54, 1.807) is 31.6 Å². The van der Waals surface area contributed by atoms with Gasteiger partial charge in [0.15, 0.2) is 0 Å². The van der Waals surface area contributed by atoms with Crippen LogP contribution in [0.3, 0.4) is 0 Å². The molecule has 3 aromatic rings. The molecule has 0 bridgehead atoms. The molecule has 1 aliphatic carbocycles. The zero-order valence-corrected chi connectivity index (χ0v) is 15.3. The van der Waals surface area contributed by atoms with Crippen LogP contribution in [0, 0.1) is 12.8 Å². The molecule has 144 valence electrons. The predicted octanol–water partition coefficient (Wildman–Crippen LogP) is 3.65. The summed E-state index contributed by atoms with van der Waals surface area (Å²) in [5.74, 6) is -4.73. The first-order valence-electron chi connectivity index (χ1n) is 8.84. The van der Waals surface area contributed by atoms with Crippen molar-refractivity contribution in [2.75, 3.05) is 5.32 Å². The second-order valence-corrected chi connectivity index (χ2v) is 7.09. The minimum atomic E-state index is -2.91. The fraction of sp³-hybridized carbons (Fsp3) is 0.300. The number of carbonyl (C=O) groups excluding carboxylic acids is 1. The molecule has 0 radical (unpaired) electrons. The molecule has 6 nitrogen and oxygen atoms in total. The van der Waals surface area contributed by atoms with Crippen molar-refractivity contribution < 1.29 is 18.7 Å². The Labute approximate surface area is 159 Å². The summed E-state index contributed by atoms with van der Waals surface area (Å²) in [6.07, 6.45) is 3.85. The van der Waals surface area contributed by atoms with E-state index in [1.807, 2.05) is 19.1 Å². The number of aliphatic hydroxyl groups excluding tert-OH is 1. The molecule has 1 amide bonds. The molecule has 1 aliphatic rings. The average molecular weight is 384 g/mol. The van der Waals surface area contributed by atoms with Crippen molar-refractivity contribution in [3.63, 3.8) is 0 Å². The van der Waals surface area contributed by atoms with Crippen molar-refractivity contribution in [3.8, 4) is 11.1 Å². The Bertz CT molecular complexity index is 1080. The highest BCUT2D eigenvalue weighted by Crippen LogP contribution is 2.49. The van der Waals surface area contributed by atoms with Crippen LogP contribution >= 0.6 is 0 Å². The number of amides is 1. The summed E-state index contributed by atoms with van der Waals surface area (Å²) in [5.41, 5.74) is 3.85. The fourth-order valence-electron chi connectivity index (χ4n) is 3.06. The summed E-state index contributed by atoms with van der Waals surface area (Å²) in [5, 5.41) is 12.8. The fourth-order valence-corrected chi connectivity index (χ4v) is 3.06. The van der Waals surface area contributed by atoms with E-state index >= 15 is 0 Å². The van der Waals surface area contributed by atoms with Gasteiger partial charge in [0.2, 0.25) is 5.91 Å². The third-order valence-electron chi connectivity index (χ3n) is 4.83. The van der Waals surface area contributed by atoms with E-state index in [-0.39, 0.29) is 5.82 Å². The number of nitrogens with one attached hydrogen (secondary N) is 1. The van der Waals surface area contributed by atoms with Crippen molar-refractivity contribution in [1.82, 2.24) is 15.0 Å². The number of fused-ring (bicyclic) bond motifs is 1. The molecular formula is C20H18F2N4O2. The summed E-state index contributed by atoms with van der Waals surface area (Å²) in [6.45, 7) is 3.59. The lowest BCUT2D eigenvalue weighted by atomic mass is 10.0. The molecule has 0 unspecified atom stereocenters. The number of halogens is 2. The maximum Gasteiger partial charge on any atom is 0.260 e. The van der Waals surface area contributed by atoms with E-state index in [2.05, 4.69) is 20.3 Å². The molecule has 1 saturated carbocycles. The van der Waals surface area contributed by atoms with Gasteiger partial charge in [0.1, 0.15) is 11.7 Å². The monoisotopic (exact) mass is 384 g/mol. The maximum absolute atomic E-state index is 13.0. The lowest BCUT2D eigenvalue weighted by molar-refractivity contribution is -0.119. The second kappa shape index (κ2) is 6.56.